The van der Waals surface area contributed by atoms with Gasteiger partial charge in [-0.3, -0.25) is 10.1 Å². The standard InChI is InChI=1S/C8H5FN2O3.C8H7FN2O.C8H6FNO.CH4/c1-4-10-6-3-7(11(12)13)5(9)2-8(6)14-4;1-4-11-7-3-6(10)5(9)2-8(7)12-4;1-5-10-7-3-2-6(9)4-8(7)11-5;/h2-3H,1H3;2-3H,10H2,1H3;2-4H,1H3;1H4. The SMILES string of the molecule is C.Cc1nc2cc(N)c(F)cc2o1.Cc1nc2cc([N+](=O)[O-])c(F)cc2o1.Cc1nc2ccc(F)cc2o1. The van der Waals surface area contributed by atoms with Crippen LogP contribution in [0.2, 0.25) is 0 Å². The van der Waals surface area contributed by atoms with E-state index in [0.717, 1.165) is 12.1 Å². The lowest BCUT2D eigenvalue weighted by Crippen LogP contribution is -1.91. The van der Waals surface area contributed by atoms with Crippen molar-refractivity contribution in [2.75, 3.05) is 5.73 Å². The highest BCUT2D eigenvalue weighted by Crippen LogP contribution is 2.25. The predicted octanol–water partition coefficient (Wildman–Crippen LogP) is 6.95. The number of aryl methyl sites for hydroxylation is 3. The Morgan fingerprint density at radius 3 is 1.76 bits per heavy atom. The number of hydrogen-bond donors (Lipinski definition) is 1. The van der Waals surface area contributed by atoms with Crippen molar-refractivity contribution >= 4 is 44.7 Å². The van der Waals surface area contributed by atoms with Crippen LogP contribution >= 0.6 is 0 Å². The molecular formula is C25H22F3N5O5. The van der Waals surface area contributed by atoms with Gasteiger partial charge in [-0.05, 0) is 18.2 Å². The number of anilines is 1. The Labute approximate surface area is 213 Å². The van der Waals surface area contributed by atoms with E-state index in [9.17, 15) is 23.3 Å². The summed E-state index contributed by atoms with van der Waals surface area (Å²) in [4.78, 5) is 21.5. The molecule has 0 bridgehead atoms. The van der Waals surface area contributed by atoms with Crippen molar-refractivity contribution in [1.82, 2.24) is 15.0 Å². The third-order valence-electron chi connectivity index (χ3n) is 4.83. The second-order valence-corrected chi connectivity index (χ2v) is 7.68. The van der Waals surface area contributed by atoms with E-state index in [-0.39, 0.29) is 30.0 Å². The van der Waals surface area contributed by atoms with Gasteiger partial charge in [-0.25, -0.2) is 23.7 Å². The van der Waals surface area contributed by atoms with Crippen LogP contribution in [0.1, 0.15) is 25.1 Å². The van der Waals surface area contributed by atoms with Crippen molar-refractivity contribution in [3.05, 3.63) is 87.7 Å². The number of nitrogen functional groups attached to an aromatic ring is 1. The van der Waals surface area contributed by atoms with E-state index in [2.05, 4.69) is 15.0 Å². The van der Waals surface area contributed by atoms with Crippen molar-refractivity contribution < 1.29 is 31.3 Å². The fraction of sp³-hybridized carbons (Fsp3) is 0.160. The van der Waals surface area contributed by atoms with Crippen molar-refractivity contribution in [1.29, 1.82) is 0 Å². The fourth-order valence-corrected chi connectivity index (χ4v) is 3.29. The van der Waals surface area contributed by atoms with E-state index in [1.807, 2.05) is 0 Å². The first-order chi connectivity index (χ1) is 17.5. The minimum absolute atomic E-state index is 0. The van der Waals surface area contributed by atoms with Gasteiger partial charge in [0.25, 0.3) is 0 Å². The number of nitro benzene ring substituents is 1. The van der Waals surface area contributed by atoms with Gasteiger partial charge in [0, 0.05) is 45.0 Å². The first-order valence-electron chi connectivity index (χ1n) is 10.6. The van der Waals surface area contributed by atoms with Gasteiger partial charge in [0.05, 0.1) is 10.6 Å². The van der Waals surface area contributed by atoms with Gasteiger partial charge in [0.1, 0.15) is 28.2 Å². The van der Waals surface area contributed by atoms with Gasteiger partial charge >= 0.3 is 5.69 Å². The Hall–Kier alpha value is -4.94. The van der Waals surface area contributed by atoms with Crippen LogP contribution in [0.25, 0.3) is 33.3 Å². The molecule has 0 aliphatic carbocycles. The highest BCUT2D eigenvalue weighted by molar-refractivity contribution is 5.77. The lowest BCUT2D eigenvalue weighted by atomic mass is 10.3. The zero-order valence-corrected chi connectivity index (χ0v) is 19.6. The molecule has 0 spiro atoms. The zero-order chi connectivity index (χ0) is 26.9. The van der Waals surface area contributed by atoms with E-state index in [4.69, 9.17) is 19.0 Å². The summed E-state index contributed by atoms with van der Waals surface area (Å²) in [6.07, 6.45) is 0. The molecule has 0 aliphatic heterocycles. The van der Waals surface area contributed by atoms with Gasteiger partial charge < -0.3 is 19.0 Å². The molecule has 2 N–H and O–H groups in total. The molecule has 0 radical (unpaired) electrons. The van der Waals surface area contributed by atoms with Crippen molar-refractivity contribution in [2.45, 2.75) is 28.2 Å². The minimum atomic E-state index is -0.918. The van der Waals surface area contributed by atoms with Crippen LogP contribution in [-0.2, 0) is 0 Å². The summed E-state index contributed by atoms with van der Waals surface area (Å²) < 4.78 is 53.7. The van der Waals surface area contributed by atoms with Crippen LogP contribution in [0.3, 0.4) is 0 Å². The first kappa shape index (κ1) is 27.6. The molecule has 6 rings (SSSR count). The number of fused-ring (bicyclic) bond motifs is 3. The summed E-state index contributed by atoms with van der Waals surface area (Å²) in [6.45, 7) is 5.02. The number of aromatic nitrogens is 3. The highest BCUT2D eigenvalue weighted by Gasteiger charge is 2.17. The maximum Gasteiger partial charge on any atom is 0.307 e. The third-order valence-corrected chi connectivity index (χ3v) is 4.83. The molecule has 3 heterocycles. The number of halogens is 3. The van der Waals surface area contributed by atoms with Crippen molar-refractivity contribution in [3.8, 4) is 0 Å². The van der Waals surface area contributed by atoms with Crippen LogP contribution in [0, 0.1) is 48.3 Å². The summed E-state index contributed by atoms with van der Waals surface area (Å²) in [5.41, 5.74) is 7.56. The summed E-state index contributed by atoms with van der Waals surface area (Å²) >= 11 is 0. The van der Waals surface area contributed by atoms with E-state index >= 15 is 0 Å². The highest BCUT2D eigenvalue weighted by atomic mass is 19.1. The smallest absolute Gasteiger partial charge is 0.307 e. The number of nitrogens with zero attached hydrogens (tertiary/aromatic N) is 4. The zero-order valence-electron chi connectivity index (χ0n) is 19.6. The molecule has 198 valence electrons. The molecule has 0 saturated carbocycles. The van der Waals surface area contributed by atoms with Gasteiger partial charge in [-0.15, -0.1) is 0 Å². The number of oxazole rings is 3. The fourth-order valence-electron chi connectivity index (χ4n) is 3.29. The Morgan fingerprint density at radius 2 is 1.21 bits per heavy atom. The summed E-state index contributed by atoms with van der Waals surface area (Å²) in [6, 6.07) is 9.02. The second-order valence-electron chi connectivity index (χ2n) is 7.68. The summed E-state index contributed by atoms with van der Waals surface area (Å²) in [5.74, 6) is -0.272. The average molecular weight is 529 g/mol. The Morgan fingerprint density at radius 1 is 0.737 bits per heavy atom. The van der Waals surface area contributed by atoms with Gasteiger partial charge in [0.15, 0.2) is 34.4 Å². The third kappa shape index (κ3) is 6.06. The molecule has 0 aliphatic rings. The number of nitrogens with two attached hydrogens (primary N) is 1. The van der Waals surface area contributed by atoms with E-state index < -0.39 is 22.2 Å². The van der Waals surface area contributed by atoms with E-state index in [1.54, 1.807) is 26.8 Å². The maximum absolute atomic E-state index is 13.1. The van der Waals surface area contributed by atoms with Crippen LogP contribution in [-0.4, -0.2) is 19.9 Å². The monoisotopic (exact) mass is 529 g/mol. The van der Waals surface area contributed by atoms with Crippen molar-refractivity contribution in [3.63, 3.8) is 0 Å². The van der Waals surface area contributed by atoms with E-state index in [0.29, 0.717) is 39.9 Å². The topological polar surface area (TPSA) is 147 Å². The van der Waals surface area contributed by atoms with E-state index in [1.165, 1.54) is 24.3 Å². The van der Waals surface area contributed by atoms with Crippen LogP contribution in [0.15, 0.2) is 55.7 Å². The minimum Gasteiger partial charge on any atom is -0.441 e. The van der Waals surface area contributed by atoms with Crippen LogP contribution in [0.5, 0.6) is 0 Å². The molecule has 0 amide bonds. The Balaban J connectivity index is 0.000000157. The first-order valence-corrected chi connectivity index (χ1v) is 10.6. The Bertz CT molecular complexity index is 1720. The molecule has 0 saturated heterocycles. The lowest BCUT2D eigenvalue weighted by molar-refractivity contribution is -0.387. The molecule has 3 aromatic heterocycles. The van der Waals surface area contributed by atoms with Crippen LogP contribution in [0.4, 0.5) is 24.5 Å². The molecule has 6 aromatic rings. The van der Waals surface area contributed by atoms with Gasteiger partial charge in [0.2, 0.25) is 5.82 Å². The number of rotatable bonds is 1. The lowest BCUT2D eigenvalue weighted by Gasteiger charge is -1.92. The molecule has 13 heteroatoms. The molecule has 0 unspecified atom stereocenters. The summed E-state index contributed by atoms with van der Waals surface area (Å²) in [5, 5.41) is 10.4. The number of hydrogen-bond acceptors (Lipinski definition) is 9. The van der Waals surface area contributed by atoms with Crippen LogP contribution < -0.4 is 5.73 Å². The number of benzene rings is 3. The van der Waals surface area contributed by atoms with Gasteiger partial charge in [-0.1, -0.05) is 7.43 Å². The molecule has 3 aromatic carbocycles. The Kier molecular flexibility index (Phi) is 7.99. The molecule has 38 heavy (non-hydrogen) atoms. The molecule has 0 atom stereocenters. The molecular weight excluding hydrogens is 507 g/mol. The van der Waals surface area contributed by atoms with Crippen molar-refractivity contribution in [2.24, 2.45) is 0 Å². The largest absolute Gasteiger partial charge is 0.441 e. The second kappa shape index (κ2) is 11.0. The predicted molar refractivity (Wildman–Crippen MR) is 134 cm³/mol. The van der Waals surface area contributed by atoms with Gasteiger partial charge in [-0.2, -0.15) is 4.39 Å². The number of nitro groups is 1. The normalized spacial score (nSPS) is 10.5. The maximum atomic E-state index is 13.1. The summed E-state index contributed by atoms with van der Waals surface area (Å²) in [7, 11) is 0. The quantitative estimate of drug-likeness (QED) is 0.136. The molecule has 10 nitrogen and oxygen atoms in total. The average Bonchev–Trinajstić information content (AvgIpc) is 3.47. The molecule has 0 fully saturated rings.